The van der Waals surface area contributed by atoms with Gasteiger partial charge in [0, 0.05) is 12.2 Å². The van der Waals surface area contributed by atoms with Crippen LogP contribution in [0.1, 0.15) is 25.8 Å². The Kier molecular flexibility index (Phi) is 5.60. The minimum atomic E-state index is -0.388. The Morgan fingerprint density at radius 1 is 1.55 bits per heavy atom. The van der Waals surface area contributed by atoms with Crippen LogP contribution in [0.3, 0.4) is 0 Å². The average molecular weight is 272 g/mol. The predicted octanol–water partition coefficient (Wildman–Crippen LogP) is 2.31. The first-order valence-corrected chi connectivity index (χ1v) is 6.51. The Labute approximate surface area is 119 Å². The van der Waals surface area contributed by atoms with Crippen molar-refractivity contribution in [2.24, 2.45) is 0 Å². The molecule has 106 valence electrons. The van der Waals surface area contributed by atoms with Gasteiger partial charge < -0.3 is 16.4 Å². The van der Waals surface area contributed by atoms with Gasteiger partial charge in [0.05, 0.1) is 11.4 Å². The van der Waals surface area contributed by atoms with Crippen LogP contribution in [0.25, 0.3) is 0 Å². The molecule has 20 heavy (non-hydrogen) atoms. The normalized spacial score (nSPS) is 12.4. The summed E-state index contributed by atoms with van der Waals surface area (Å²) in [7, 11) is 0. The third-order valence-electron chi connectivity index (χ3n) is 2.94. The highest BCUT2D eigenvalue weighted by atomic mass is 16.1. The van der Waals surface area contributed by atoms with E-state index in [1.807, 2.05) is 39.0 Å². The van der Waals surface area contributed by atoms with Gasteiger partial charge in [-0.15, -0.1) is 0 Å². The number of nitrogens with one attached hydrogen (secondary N) is 2. The summed E-state index contributed by atoms with van der Waals surface area (Å²) in [4.78, 5) is 11.8. The zero-order chi connectivity index (χ0) is 15.1. The van der Waals surface area contributed by atoms with Crippen LogP contribution in [0, 0.1) is 18.3 Å². The van der Waals surface area contributed by atoms with E-state index in [1.54, 1.807) is 6.07 Å². The van der Waals surface area contributed by atoms with Crippen LogP contribution in [-0.4, -0.2) is 11.9 Å². The van der Waals surface area contributed by atoms with Crippen molar-refractivity contribution in [2.75, 3.05) is 11.1 Å². The number of amides is 1. The molecular weight excluding hydrogens is 252 g/mol. The van der Waals surface area contributed by atoms with Crippen molar-refractivity contribution in [3.63, 3.8) is 0 Å². The summed E-state index contributed by atoms with van der Waals surface area (Å²) in [5.41, 5.74) is 8.12. The molecule has 0 saturated carbocycles. The van der Waals surface area contributed by atoms with E-state index >= 15 is 0 Å². The monoisotopic (exact) mass is 272 g/mol. The molecule has 0 saturated heterocycles. The number of nitrogen functional groups attached to an aromatic ring is 1. The van der Waals surface area contributed by atoms with Crippen LogP contribution in [0.2, 0.25) is 0 Å². The zero-order valence-electron chi connectivity index (χ0n) is 12.0. The molecule has 1 rings (SSSR count). The molecule has 0 aromatic heterocycles. The Hall–Kier alpha value is -2.48. The van der Waals surface area contributed by atoms with Crippen molar-refractivity contribution < 1.29 is 4.79 Å². The fraction of sp³-hybridized carbons (Fsp3) is 0.333. The summed E-state index contributed by atoms with van der Waals surface area (Å²) in [5, 5.41) is 14.7. The van der Waals surface area contributed by atoms with Gasteiger partial charge in [0.25, 0.3) is 5.91 Å². The average Bonchev–Trinajstić information content (AvgIpc) is 2.42. The first-order chi connectivity index (χ1) is 9.47. The van der Waals surface area contributed by atoms with Gasteiger partial charge in [-0.25, -0.2) is 0 Å². The maximum atomic E-state index is 11.8. The second-order valence-corrected chi connectivity index (χ2v) is 4.69. The quantitative estimate of drug-likeness (QED) is 0.436. The number of carbonyl (C=O) groups is 1. The van der Waals surface area contributed by atoms with Crippen LogP contribution < -0.4 is 16.4 Å². The van der Waals surface area contributed by atoms with Crippen LogP contribution >= 0.6 is 0 Å². The Bertz CT molecular complexity index is 557. The van der Waals surface area contributed by atoms with E-state index in [-0.39, 0.29) is 17.5 Å². The van der Waals surface area contributed by atoms with E-state index < -0.39 is 0 Å². The number of carbonyl (C=O) groups excluding carboxylic acids is 1. The lowest BCUT2D eigenvalue weighted by molar-refractivity contribution is -0.117. The molecule has 4 N–H and O–H groups in total. The van der Waals surface area contributed by atoms with Gasteiger partial charge >= 0.3 is 0 Å². The molecule has 1 unspecified atom stereocenters. The second-order valence-electron chi connectivity index (χ2n) is 4.69. The third kappa shape index (κ3) is 4.32. The summed E-state index contributed by atoms with van der Waals surface area (Å²) in [6.45, 7) is 5.79. The molecular formula is C15H20N4O. The van der Waals surface area contributed by atoms with Crippen LogP contribution in [0.4, 0.5) is 11.4 Å². The lowest BCUT2D eigenvalue weighted by Gasteiger charge is -2.11. The van der Waals surface area contributed by atoms with E-state index in [4.69, 9.17) is 11.0 Å². The van der Waals surface area contributed by atoms with Gasteiger partial charge in [-0.05, 0) is 38.0 Å². The molecule has 0 aliphatic carbocycles. The fourth-order valence-corrected chi connectivity index (χ4v) is 1.50. The van der Waals surface area contributed by atoms with Gasteiger partial charge in [0.1, 0.15) is 11.6 Å². The number of benzene rings is 1. The highest BCUT2D eigenvalue weighted by Gasteiger charge is 2.11. The fourth-order valence-electron chi connectivity index (χ4n) is 1.50. The number of aryl methyl sites for hydroxylation is 1. The maximum Gasteiger partial charge on any atom is 0.263 e. The van der Waals surface area contributed by atoms with Gasteiger partial charge in [-0.2, -0.15) is 5.26 Å². The van der Waals surface area contributed by atoms with Gasteiger partial charge in [-0.1, -0.05) is 13.0 Å². The number of nitrogens with zero attached hydrogens (tertiary/aromatic N) is 1. The first-order valence-electron chi connectivity index (χ1n) is 6.51. The van der Waals surface area contributed by atoms with E-state index in [0.29, 0.717) is 11.4 Å². The Balaban J connectivity index is 2.83. The topological polar surface area (TPSA) is 90.9 Å². The molecule has 0 bridgehead atoms. The maximum absolute atomic E-state index is 11.8. The molecule has 0 radical (unpaired) electrons. The summed E-state index contributed by atoms with van der Waals surface area (Å²) in [6.07, 6.45) is 2.19. The molecule has 0 spiro atoms. The number of nitrogens with two attached hydrogens (primary N) is 1. The standard InChI is InChI=1S/C15H20N4O/c1-4-11(3)19-15(20)12(8-16)9-18-14-7-10(2)5-6-13(14)17/h5-7,9,11,18H,4,17H2,1-3H3,(H,19,20)/b12-9-. The SMILES string of the molecule is CCC(C)NC(=O)/C(C#N)=C\Nc1cc(C)ccc1N. The number of nitriles is 1. The molecule has 1 aromatic carbocycles. The lowest BCUT2D eigenvalue weighted by atomic mass is 10.2. The third-order valence-corrected chi connectivity index (χ3v) is 2.94. The lowest BCUT2D eigenvalue weighted by Crippen LogP contribution is -2.33. The first kappa shape index (κ1) is 15.6. The molecule has 0 fully saturated rings. The van der Waals surface area contributed by atoms with Crippen molar-refractivity contribution >= 4 is 17.3 Å². The largest absolute Gasteiger partial charge is 0.397 e. The molecule has 0 aliphatic rings. The molecule has 5 heteroatoms. The highest BCUT2D eigenvalue weighted by molar-refractivity contribution is 5.97. The van der Waals surface area contributed by atoms with Crippen molar-refractivity contribution in [1.29, 1.82) is 5.26 Å². The van der Waals surface area contributed by atoms with Crippen molar-refractivity contribution in [2.45, 2.75) is 33.2 Å². The molecule has 1 atom stereocenters. The van der Waals surface area contributed by atoms with E-state index in [9.17, 15) is 4.79 Å². The van der Waals surface area contributed by atoms with Crippen LogP contribution in [0.5, 0.6) is 0 Å². The molecule has 5 nitrogen and oxygen atoms in total. The predicted molar refractivity (Wildman–Crippen MR) is 80.8 cm³/mol. The van der Waals surface area contributed by atoms with Crippen molar-refractivity contribution in [3.05, 3.63) is 35.5 Å². The second kappa shape index (κ2) is 7.19. The smallest absolute Gasteiger partial charge is 0.263 e. The molecule has 1 amide bonds. The number of anilines is 2. The van der Waals surface area contributed by atoms with Gasteiger partial charge in [-0.3, -0.25) is 4.79 Å². The highest BCUT2D eigenvalue weighted by Crippen LogP contribution is 2.19. The molecule has 1 aromatic rings. The molecule has 0 heterocycles. The number of rotatable bonds is 5. The Morgan fingerprint density at radius 2 is 2.25 bits per heavy atom. The number of hydrogen-bond donors (Lipinski definition) is 3. The van der Waals surface area contributed by atoms with Gasteiger partial charge in [0.2, 0.25) is 0 Å². The Morgan fingerprint density at radius 3 is 2.85 bits per heavy atom. The van der Waals surface area contributed by atoms with Crippen LogP contribution in [0.15, 0.2) is 30.0 Å². The summed E-state index contributed by atoms with van der Waals surface area (Å²) < 4.78 is 0. The van der Waals surface area contributed by atoms with Crippen molar-refractivity contribution in [3.8, 4) is 6.07 Å². The van der Waals surface area contributed by atoms with Crippen LogP contribution in [-0.2, 0) is 4.79 Å². The summed E-state index contributed by atoms with van der Waals surface area (Å²) in [5.74, 6) is -0.388. The van der Waals surface area contributed by atoms with E-state index in [2.05, 4.69) is 10.6 Å². The number of hydrogen-bond acceptors (Lipinski definition) is 4. The van der Waals surface area contributed by atoms with Crippen molar-refractivity contribution in [1.82, 2.24) is 5.32 Å². The van der Waals surface area contributed by atoms with Gasteiger partial charge in [0.15, 0.2) is 0 Å². The summed E-state index contributed by atoms with van der Waals surface area (Å²) >= 11 is 0. The molecule has 0 aliphatic heterocycles. The van der Waals surface area contributed by atoms with E-state index in [1.165, 1.54) is 6.20 Å². The summed E-state index contributed by atoms with van der Waals surface area (Å²) in [6, 6.07) is 7.44. The zero-order valence-corrected chi connectivity index (χ0v) is 12.0. The van der Waals surface area contributed by atoms with E-state index in [0.717, 1.165) is 12.0 Å². The minimum absolute atomic E-state index is 0.0196. The minimum Gasteiger partial charge on any atom is -0.397 e.